The SMILES string of the molecule is CC(COc1ccc(F)cc1F)NC(=O)CC1CCc2ccccc21. The number of aryl methyl sites for hydroxylation is 1. The third kappa shape index (κ3) is 4.35. The summed E-state index contributed by atoms with van der Waals surface area (Å²) in [5, 5.41) is 2.88. The van der Waals surface area contributed by atoms with Gasteiger partial charge in [-0.25, -0.2) is 8.78 Å². The van der Waals surface area contributed by atoms with Crippen molar-refractivity contribution in [3.05, 3.63) is 65.2 Å². The van der Waals surface area contributed by atoms with E-state index in [9.17, 15) is 13.6 Å². The van der Waals surface area contributed by atoms with Crippen LogP contribution in [0.5, 0.6) is 5.75 Å². The molecule has 0 aliphatic heterocycles. The molecule has 25 heavy (non-hydrogen) atoms. The first kappa shape index (κ1) is 17.4. The van der Waals surface area contributed by atoms with E-state index in [4.69, 9.17) is 4.74 Å². The summed E-state index contributed by atoms with van der Waals surface area (Å²) in [6.07, 6.45) is 2.43. The standard InChI is InChI=1S/C20H21F2NO2/c1-13(12-25-19-9-8-16(21)11-18(19)22)23-20(24)10-15-7-6-14-4-2-3-5-17(14)15/h2-5,8-9,11,13,15H,6-7,10,12H2,1H3,(H,23,24). The van der Waals surface area contributed by atoms with Crippen LogP contribution >= 0.6 is 0 Å². The zero-order valence-corrected chi connectivity index (χ0v) is 14.1. The van der Waals surface area contributed by atoms with Gasteiger partial charge in [-0.3, -0.25) is 4.79 Å². The first-order valence-corrected chi connectivity index (χ1v) is 8.48. The van der Waals surface area contributed by atoms with Crippen LogP contribution in [-0.2, 0) is 11.2 Å². The van der Waals surface area contributed by atoms with Crippen LogP contribution in [-0.4, -0.2) is 18.6 Å². The highest BCUT2D eigenvalue weighted by Gasteiger charge is 2.24. The third-order valence-electron chi connectivity index (χ3n) is 4.48. The molecule has 132 valence electrons. The van der Waals surface area contributed by atoms with Crippen LogP contribution in [0.2, 0.25) is 0 Å². The Morgan fingerprint density at radius 2 is 2.08 bits per heavy atom. The average molecular weight is 345 g/mol. The molecule has 0 saturated heterocycles. The molecule has 2 aromatic rings. The monoisotopic (exact) mass is 345 g/mol. The highest BCUT2D eigenvalue weighted by atomic mass is 19.1. The van der Waals surface area contributed by atoms with E-state index in [0.29, 0.717) is 6.42 Å². The number of benzene rings is 2. The molecule has 1 N–H and O–H groups in total. The minimum absolute atomic E-state index is 0.0211. The zero-order chi connectivity index (χ0) is 17.8. The molecule has 3 nitrogen and oxygen atoms in total. The lowest BCUT2D eigenvalue weighted by atomic mass is 9.97. The molecular formula is C20H21F2NO2. The van der Waals surface area contributed by atoms with Gasteiger partial charge in [-0.1, -0.05) is 24.3 Å². The number of rotatable bonds is 6. The number of fused-ring (bicyclic) bond motifs is 1. The molecule has 0 spiro atoms. The van der Waals surface area contributed by atoms with Crippen molar-refractivity contribution in [3.8, 4) is 5.75 Å². The zero-order valence-electron chi connectivity index (χ0n) is 14.1. The molecule has 0 saturated carbocycles. The van der Waals surface area contributed by atoms with E-state index >= 15 is 0 Å². The first-order chi connectivity index (χ1) is 12.0. The minimum atomic E-state index is -0.749. The van der Waals surface area contributed by atoms with Crippen molar-refractivity contribution in [3.63, 3.8) is 0 Å². The second-order valence-corrected chi connectivity index (χ2v) is 6.49. The van der Waals surface area contributed by atoms with E-state index in [1.165, 1.54) is 17.2 Å². The van der Waals surface area contributed by atoms with Crippen LogP contribution in [0.25, 0.3) is 0 Å². The van der Waals surface area contributed by atoms with Crippen molar-refractivity contribution in [2.24, 2.45) is 0 Å². The molecular weight excluding hydrogens is 324 g/mol. The number of carbonyl (C=O) groups excluding carboxylic acids is 1. The van der Waals surface area contributed by atoms with Gasteiger partial charge in [0, 0.05) is 12.5 Å². The summed E-state index contributed by atoms with van der Waals surface area (Å²) in [5.74, 6) is -1.22. The third-order valence-corrected chi connectivity index (χ3v) is 4.48. The quantitative estimate of drug-likeness (QED) is 0.860. The number of hydrogen-bond acceptors (Lipinski definition) is 2. The van der Waals surface area contributed by atoms with E-state index in [2.05, 4.69) is 17.4 Å². The molecule has 2 unspecified atom stereocenters. The molecule has 3 rings (SSSR count). The second kappa shape index (κ2) is 7.64. The Labute approximate surface area is 146 Å². The maximum atomic E-state index is 13.5. The average Bonchev–Trinajstić information content (AvgIpc) is 2.97. The number of halogens is 2. The summed E-state index contributed by atoms with van der Waals surface area (Å²) >= 11 is 0. The Hall–Kier alpha value is -2.43. The molecule has 0 radical (unpaired) electrons. The summed E-state index contributed by atoms with van der Waals surface area (Å²) in [6.45, 7) is 1.91. The lowest BCUT2D eigenvalue weighted by molar-refractivity contribution is -0.122. The highest BCUT2D eigenvalue weighted by molar-refractivity contribution is 5.77. The largest absolute Gasteiger partial charge is 0.488 e. The fraction of sp³-hybridized carbons (Fsp3) is 0.350. The van der Waals surface area contributed by atoms with Gasteiger partial charge in [-0.15, -0.1) is 0 Å². The fourth-order valence-electron chi connectivity index (χ4n) is 3.26. The Morgan fingerprint density at radius 3 is 2.88 bits per heavy atom. The molecule has 0 fully saturated rings. The molecule has 0 aromatic heterocycles. The number of ether oxygens (including phenoxy) is 1. The highest BCUT2D eigenvalue weighted by Crippen LogP contribution is 2.35. The molecule has 2 aromatic carbocycles. The summed E-state index contributed by atoms with van der Waals surface area (Å²) in [5.41, 5.74) is 2.58. The lowest BCUT2D eigenvalue weighted by Crippen LogP contribution is -2.37. The molecule has 0 heterocycles. The van der Waals surface area contributed by atoms with Crippen LogP contribution in [0.1, 0.15) is 36.8 Å². The molecule has 1 aliphatic carbocycles. The van der Waals surface area contributed by atoms with Gasteiger partial charge >= 0.3 is 0 Å². The van der Waals surface area contributed by atoms with Gasteiger partial charge in [0.1, 0.15) is 12.4 Å². The summed E-state index contributed by atoms with van der Waals surface area (Å²) in [4.78, 5) is 12.3. The van der Waals surface area contributed by atoms with Gasteiger partial charge in [0.25, 0.3) is 0 Å². The molecule has 0 bridgehead atoms. The number of hydrogen-bond donors (Lipinski definition) is 1. The van der Waals surface area contributed by atoms with E-state index in [1.807, 2.05) is 12.1 Å². The Balaban J connectivity index is 1.48. The van der Waals surface area contributed by atoms with Crippen molar-refractivity contribution in [2.75, 3.05) is 6.61 Å². The summed E-state index contributed by atoms with van der Waals surface area (Å²) in [6, 6.07) is 11.1. The van der Waals surface area contributed by atoms with Crippen molar-refractivity contribution >= 4 is 5.91 Å². The van der Waals surface area contributed by atoms with Gasteiger partial charge in [-0.2, -0.15) is 0 Å². The predicted octanol–water partition coefficient (Wildman–Crippen LogP) is 3.97. The maximum Gasteiger partial charge on any atom is 0.220 e. The van der Waals surface area contributed by atoms with Gasteiger partial charge in [0.2, 0.25) is 5.91 Å². The van der Waals surface area contributed by atoms with Gasteiger partial charge in [0.05, 0.1) is 6.04 Å². The second-order valence-electron chi connectivity index (χ2n) is 6.49. The Bertz CT molecular complexity index is 763. The minimum Gasteiger partial charge on any atom is -0.488 e. The van der Waals surface area contributed by atoms with Gasteiger partial charge < -0.3 is 10.1 Å². The normalized spacial score (nSPS) is 17.0. The van der Waals surface area contributed by atoms with E-state index in [1.54, 1.807) is 6.92 Å². The number of nitrogens with one attached hydrogen (secondary N) is 1. The van der Waals surface area contributed by atoms with Crippen LogP contribution < -0.4 is 10.1 Å². The summed E-state index contributed by atoms with van der Waals surface area (Å²) < 4.78 is 31.7. The predicted molar refractivity (Wildman–Crippen MR) is 91.6 cm³/mol. The smallest absolute Gasteiger partial charge is 0.220 e. The molecule has 5 heteroatoms. The van der Waals surface area contributed by atoms with E-state index in [0.717, 1.165) is 25.0 Å². The topological polar surface area (TPSA) is 38.3 Å². The molecule has 2 atom stereocenters. The van der Waals surface area contributed by atoms with Crippen molar-refractivity contribution in [1.29, 1.82) is 0 Å². The van der Waals surface area contributed by atoms with Crippen molar-refractivity contribution in [2.45, 2.75) is 38.1 Å². The number of carbonyl (C=O) groups is 1. The summed E-state index contributed by atoms with van der Waals surface area (Å²) in [7, 11) is 0. The van der Waals surface area contributed by atoms with Gasteiger partial charge in [0.15, 0.2) is 11.6 Å². The van der Waals surface area contributed by atoms with E-state index in [-0.39, 0.29) is 30.2 Å². The van der Waals surface area contributed by atoms with Crippen LogP contribution in [0.3, 0.4) is 0 Å². The van der Waals surface area contributed by atoms with Crippen LogP contribution in [0, 0.1) is 11.6 Å². The van der Waals surface area contributed by atoms with Crippen molar-refractivity contribution < 1.29 is 18.3 Å². The number of amides is 1. The van der Waals surface area contributed by atoms with Crippen LogP contribution in [0.15, 0.2) is 42.5 Å². The Kier molecular flexibility index (Phi) is 5.31. The van der Waals surface area contributed by atoms with Gasteiger partial charge in [-0.05, 0) is 48.9 Å². The molecule has 1 aliphatic rings. The fourth-order valence-corrected chi connectivity index (χ4v) is 3.26. The first-order valence-electron chi connectivity index (χ1n) is 8.48. The van der Waals surface area contributed by atoms with Crippen molar-refractivity contribution in [1.82, 2.24) is 5.32 Å². The van der Waals surface area contributed by atoms with E-state index < -0.39 is 11.6 Å². The van der Waals surface area contributed by atoms with Crippen LogP contribution in [0.4, 0.5) is 8.78 Å². The lowest BCUT2D eigenvalue weighted by Gasteiger charge is -2.17. The molecule has 1 amide bonds. The maximum absolute atomic E-state index is 13.5. The Morgan fingerprint density at radius 1 is 1.28 bits per heavy atom.